The highest BCUT2D eigenvalue weighted by Gasteiger charge is 2.21. The lowest BCUT2D eigenvalue weighted by Crippen LogP contribution is -2.27. The second kappa shape index (κ2) is 4.61. The van der Waals surface area contributed by atoms with E-state index in [-0.39, 0.29) is 0 Å². The molecule has 1 aliphatic carbocycles. The molecule has 1 aromatic heterocycles. The second-order valence-electron chi connectivity index (χ2n) is 5.23. The highest BCUT2D eigenvalue weighted by molar-refractivity contribution is 5.43. The van der Waals surface area contributed by atoms with E-state index in [1.54, 1.807) is 0 Å². The van der Waals surface area contributed by atoms with Gasteiger partial charge in [-0.15, -0.1) is 5.10 Å². The van der Waals surface area contributed by atoms with Gasteiger partial charge in [-0.3, -0.25) is 0 Å². The van der Waals surface area contributed by atoms with E-state index in [1.807, 2.05) is 0 Å². The van der Waals surface area contributed by atoms with Crippen molar-refractivity contribution in [3.8, 4) is 0 Å². The molecule has 0 unspecified atom stereocenters. The van der Waals surface area contributed by atoms with Gasteiger partial charge in [0.1, 0.15) is 0 Å². The van der Waals surface area contributed by atoms with Gasteiger partial charge in [-0.25, -0.2) is 0 Å². The third kappa shape index (κ3) is 2.27. The van der Waals surface area contributed by atoms with Crippen molar-refractivity contribution in [3.05, 3.63) is 17.3 Å². The predicted molar refractivity (Wildman–Crippen MR) is 68.1 cm³/mol. The van der Waals surface area contributed by atoms with Gasteiger partial charge in [-0.2, -0.15) is 5.10 Å². The molecule has 92 valence electrons. The van der Waals surface area contributed by atoms with Crippen LogP contribution < -0.4 is 10.6 Å². The van der Waals surface area contributed by atoms with Crippen molar-refractivity contribution in [1.29, 1.82) is 0 Å². The van der Waals surface area contributed by atoms with Gasteiger partial charge in [0.15, 0.2) is 5.82 Å². The van der Waals surface area contributed by atoms with Crippen LogP contribution in [0.25, 0.3) is 0 Å². The van der Waals surface area contributed by atoms with E-state index < -0.39 is 0 Å². The van der Waals surface area contributed by atoms with Gasteiger partial charge in [0.2, 0.25) is 0 Å². The van der Waals surface area contributed by atoms with E-state index in [1.165, 1.54) is 30.5 Å². The van der Waals surface area contributed by atoms with Crippen LogP contribution in [0.1, 0.15) is 36.9 Å². The zero-order valence-electron chi connectivity index (χ0n) is 10.2. The summed E-state index contributed by atoms with van der Waals surface area (Å²) in [6.07, 6.45) is 7.20. The maximum Gasteiger partial charge on any atom is 0.151 e. The number of rotatable bonds is 1. The first-order valence-electron chi connectivity index (χ1n) is 6.69. The average Bonchev–Trinajstić information content (AvgIpc) is 2.64. The molecule has 1 fully saturated rings. The Balaban J connectivity index is 1.84. The fourth-order valence-corrected chi connectivity index (χ4v) is 2.81. The van der Waals surface area contributed by atoms with Crippen molar-refractivity contribution in [1.82, 2.24) is 10.2 Å². The van der Waals surface area contributed by atoms with Gasteiger partial charge < -0.3 is 10.6 Å². The molecule has 4 heteroatoms. The Labute approximate surface area is 102 Å². The zero-order valence-corrected chi connectivity index (χ0v) is 10.2. The summed E-state index contributed by atoms with van der Waals surface area (Å²) >= 11 is 0. The van der Waals surface area contributed by atoms with Gasteiger partial charge >= 0.3 is 0 Å². The lowest BCUT2D eigenvalue weighted by atomic mass is 10.1. The maximum atomic E-state index is 5.94. The van der Waals surface area contributed by atoms with Crippen LogP contribution in [0.2, 0.25) is 0 Å². The second-order valence-corrected chi connectivity index (χ2v) is 5.23. The minimum atomic E-state index is 0.301. The molecule has 2 N–H and O–H groups in total. The van der Waals surface area contributed by atoms with Crippen molar-refractivity contribution in [2.24, 2.45) is 5.73 Å². The van der Waals surface area contributed by atoms with Gasteiger partial charge in [0, 0.05) is 19.1 Å². The van der Waals surface area contributed by atoms with E-state index >= 15 is 0 Å². The first-order chi connectivity index (χ1) is 8.33. The number of hydrogen-bond donors (Lipinski definition) is 1. The highest BCUT2D eigenvalue weighted by Crippen LogP contribution is 2.23. The molecule has 0 spiro atoms. The zero-order chi connectivity index (χ0) is 11.7. The third-order valence-corrected chi connectivity index (χ3v) is 3.86. The smallest absolute Gasteiger partial charge is 0.151 e. The summed E-state index contributed by atoms with van der Waals surface area (Å²) < 4.78 is 0. The fraction of sp³-hybridized carbons (Fsp3) is 0.692. The molecule has 2 aliphatic rings. The molecule has 0 radical (unpaired) electrons. The van der Waals surface area contributed by atoms with Gasteiger partial charge in [0.05, 0.1) is 5.69 Å². The van der Waals surface area contributed by atoms with Crippen LogP contribution in [0.15, 0.2) is 6.07 Å². The van der Waals surface area contributed by atoms with Crippen LogP contribution >= 0.6 is 0 Å². The number of fused-ring (bicyclic) bond motifs is 1. The SMILES string of the molecule is N[C@H]1CCN(c2cc3c(nn2)CCCCC3)C1. The van der Waals surface area contributed by atoms with E-state index in [0.717, 1.165) is 38.2 Å². The van der Waals surface area contributed by atoms with Crippen LogP contribution in [0.3, 0.4) is 0 Å². The van der Waals surface area contributed by atoms with E-state index in [2.05, 4.69) is 21.2 Å². The molecule has 0 saturated carbocycles. The molecule has 0 amide bonds. The summed E-state index contributed by atoms with van der Waals surface area (Å²) in [4.78, 5) is 2.27. The van der Waals surface area contributed by atoms with Crippen LogP contribution in [-0.2, 0) is 12.8 Å². The van der Waals surface area contributed by atoms with E-state index in [0.29, 0.717) is 6.04 Å². The molecule has 4 nitrogen and oxygen atoms in total. The lowest BCUT2D eigenvalue weighted by Gasteiger charge is -2.17. The number of aryl methyl sites for hydroxylation is 2. The van der Waals surface area contributed by atoms with Crippen molar-refractivity contribution in [3.63, 3.8) is 0 Å². The van der Waals surface area contributed by atoms with Crippen molar-refractivity contribution in [2.75, 3.05) is 18.0 Å². The van der Waals surface area contributed by atoms with Crippen LogP contribution in [-0.4, -0.2) is 29.3 Å². The predicted octanol–water partition coefficient (Wildman–Crippen LogP) is 1.28. The molecular weight excluding hydrogens is 212 g/mol. The largest absolute Gasteiger partial charge is 0.354 e. The Hall–Kier alpha value is -1.16. The Kier molecular flexibility index (Phi) is 2.97. The number of aromatic nitrogens is 2. The molecule has 3 rings (SSSR count). The topological polar surface area (TPSA) is 55.0 Å². The van der Waals surface area contributed by atoms with Crippen LogP contribution in [0.5, 0.6) is 0 Å². The number of nitrogens with zero attached hydrogens (tertiary/aromatic N) is 3. The third-order valence-electron chi connectivity index (χ3n) is 3.86. The van der Waals surface area contributed by atoms with Crippen LogP contribution in [0, 0.1) is 0 Å². The Morgan fingerprint density at radius 3 is 2.88 bits per heavy atom. The minimum absolute atomic E-state index is 0.301. The molecule has 1 aliphatic heterocycles. The average molecular weight is 232 g/mol. The lowest BCUT2D eigenvalue weighted by molar-refractivity contribution is 0.706. The summed E-state index contributed by atoms with van der Waals surface area (Å²) in [5, 5.41) is 8.79. The van der Waals surface area contributed by atoms with Gasteiger partial charge in [0.25, 0.3) is 0 Å². The first kappa shape index (κ1) is 11.0. The van der Waals surface area contributed by atoms with Crippen molar-refractivity contribution >= 4 is 5.82 Å². The summed E-state index contributed by atoms with van der Waals surface area (Å²) in [6.45, 7) is 1.95. The highest BCUT2D eigenvalue weighted by atomic mass is 15.3. The number of anilines is 1. The molecule has 0 bridgehead atoms. The molecule has 1 saturated heterocycles. The monoisotopic (exact) mass is 232 g/mol. The van der Waals surface area contributed by atoms with Gasteiger partial charge in [-0.05, 0) is 43.7 Å². The summed E-state index contributed by atoms with van der Waals surface area (Å²) in [7, 11) is 0. The maximum absolute atomic E-state index is 5.94. The molecule has 17 heavy (non-hydrogen) atoms. The quantitative estimate of drug-likeness (QED) is 0.741. The molecular formula is C13H20N4. The number of nitrogens with two attached hydrogens (primary N) is 1. The molecule has 1 atom stereocenters. The van der Waals surface area contributed by atoms with Crippen molar-refractivity contribution < 1.29 is 0 Å². The standard InChI is InChI=1S/C13H20N4/c14-11-6-7-17(9-11)13-8-10-4-2-1-3-5-12(10)15-16-13/h8,11H,1-7,9,14H2/t11-/m0/s1. The number of hydrogen-bond acceptors (Lipinski definition) is 4. The minimum Gasteiger partial charge on any atom is -0.354 e. The molecule has 2 heterocycles. The van der Waals surface area contributed by atoms with Crippen molar-refractivity contribution in [2.45, 2.75) is 44.6 Å². The Morgan fingerprint density at radius 2 is 2.06 bits per heavy atom. The van der Waals surface area contributed by atoms with Gasteiger partial charge in [-0.1, -0.05) is 6.42 Å². The molecule has 0 aromatic carbocycles. The molecule has 1 aromatic rings. The fourth-order valence-electron chi connectivity index (χ4n) is 2.81. The van der Waals surface area contributed by atoms with Crippen LogP contribution in [0.4, 0.5) is 5.82 Å². The Morgan fingerprint density at radius 1 is 1.18 bits per heavy atom. The first-order valence-corrected chi connectivity index (χ1v) is 6.69. The summed E-state index contributed by atoms with van der Waals surface area (Å²) in [6, 6.07) is 2.54. The van der Waals surface area contributed by atoms with E-state index in [4.69, 9.17) is 5.73 Å². The Bertz CT molecular complexity index is 404. The van der Waals surface area contributed by atoms with E-state index in [9.17, 15) is 0 Å². The summed E-state index contributed by atoms with van der Waals surface area (Å²) in [5.74, 6) is 1.03. The summed E-state index contributed by atoms with van der Waals surface area (Å²) in [5.41, 5.74) is 8.56. The normalized spacial score (nSPS) is 24.5.